The van der Waals surface area contributed by atoms with E-state index in [0.717, 1.165) is 5.75 Å². The molecule has 0 aliphatic rings. The Hall–Kier alpha value is -0.980. The summed E-state index contributed by atoms with van der Waals surface area (Å²) in [6, 6.07) is 6.27. The molecule has 0 aliphatic heterocycles. The highest BCUT2D eigenvalue weighted by atomic mass is 16.5. The average Bonchev–Trinajstić information content (AvgIpc) is 2.03. The maximum atomic E-state index is 5.34. The molecule has 0 spiro atoms. The van der Waals surface area contributed by atoms with E-state index in [1.165, 1.54) is 11.1 Å². The van der Waals surface area contributed by atoms with E-state index in [-0.39, 0.29) is 0 Å². The van der Waals surface area contributed by atoms with Crippen LogP contribution in [0.4, 0.5) is 0 Å². The van der Waals surface area contributed by atoms with Crippen molar-refractivity contribution in [2.24, 2.45) is 0 Å². The predicted molar refractivity (Wildman–Crippen MR) is 51.8 cm³/mol. The smallest absolute Gasteiger partial charge is 0.125 e. The van der Waals surface area contributed by atoms with Gasteiger partial charge in [-0.3, -0.25) is 0 Å². The molecule has 12 heavy (non-hydrogen) atoms. The summed E-state index contributed by atoms with van der Waals surface area (Å²) in [5.74, 6) is 1.56. The van der Waals surface area contributed by atoms with Gasteiger partial charge >= 0.3 is 0 Å². The van der Waals surface area contributed by atoms with Crippen LogP contribution in [-0.2, 0) is 0 Å². The van der Waals surface area contributed by atoms with Gasteiger partial charge in [-0.05, 0) is 24.0 Å². The van der Waals surface area contributed by atoms with Crippen molar-refractivity contribution in [1.29, 1.82) is 0 Å². The van der Waals surface area contributed by atoms with E-state index < -0.39 is 0 Å². The average molecular weight is 164 g/mol. The van der Waals surface area contributed by atoms with Crippen LogP contribution in [0.5, 0.6) is 5.75 Å². The van der Waals surface area contributed by atoms with Gasteiger partial charge in [-0.2, -0.15) is 0 Å². The number of ether oxygens (including phenoxy) is 1. The Balaban J connectivity index is 3.18. The minimum Gasteiger partial charge on any atom is -0.496 e. The summed E-state index contributed by atoms with van der Waals surface area (Å²) in [4.78, 5) is 0. The van der Waals surface area contributed by atoms with E-state index in [4.69, 9.17) is 4.74 Å². The van der Waals surface area contributed by atoms with Crippen molar-refractivity contribution in [1.82, 2.24) is 0 Å². The Kier molecular flexibility index (Phi) is 2.74. The summed E-state index contributed by atoms with van der Waals surface area (Å²) in [6.07, 6.45) is 0. The molecule has 0 aromatic heterocycles. The number of benzene rings is 1. The zero-order valence-corrected chi connectivity index (χ0v) is 8.22. The highest BCUT2D eigenvalue weighted by Crippen LogP contribution is 2.28. The lowest BCUT2D eigenvalue weighted by Crippen LogP contribution is -1.95. The highest BCUT2D eigenvalue weighted by Gasteiger charge is 2.07. The van der Waals surface area contributed by atoms with Crippen molar-refractivity contribution in [2.45, 2.75) is 26.7 Å². The molecule has 0 heterocycles. The van der Waals surface area contributed by atoms with Crippen LogP contribution in [0, 0.1) is 6.92 Å². The van der Waals surface area contributed by atoms with E-state index in [0.29, 0.717) is 5.92 Å². The molecule has 0 radical (unpaired) electrons. The fourth-order valence-corrected chi connectivity index (χ4v) is 1.41. The maximum Gasteiger partial charge on any atom is 0.125 e. The van der Waals surface area contributed by atoms with Gasteiger partial charge in [0.15, 0.2) is 0 Å². The summed E-state index contributed by atoms with van der Waals surface area (Å²) < 4.78 is 5.34. The van der Waals surface area contributed by atoms with E-state index in [1.807, 2.05) is 0 Å². The number of rotatable bonds is 2. The van der Waals surface area contributed by atoms with Gasteiger partial charge < -0.3 is 4.74 Å². The van der Waals surface area contributed by atoms with Crippen molar-refractivity contribution in [3.63, 3.8) is 0 Å². The largest absolute Gasteiger partial charge is 0.496 e. The lowest BCUT2D eigenvalue weighted by Gasteiger charge is -2.13. The first-order chi connectivity index (χ1) is 5.66. The Morgan fingerprint density at radius 1 is 1.25 bits per heavy atom. The Bertz CT molecular complexity index is 264. The SMILES string of the molecule is COc1c(C)cccc1C(C)C. The van der Waals surface area contributed by atoms with Crippen LogP contribution >= 0.6 is 0 Å². The summed E-state index contributed by atoms with van der Waals surface area (Å²) >= 11 is 0. The number of methoxy groups -OCH3 is 1. The van der Waals surface area contributed by atoms with E-state index >= 15 is 0 Å². The molecular formula is C11H16O. The van der Waals surface area contributed by atoms with Gasteiger partial charge in [-0.25, -0.2) is 0 Å². The molecule has 0 amide bonds. The van der Waals surface area contributed by atoms with Gasteiger partial charge in [-0.1, -0.05) is 32.0 Å². The monoisotopic (exact) mass is 164 g/mol. The van der Waals surface area contributed by atoms with Crippen LogP contribution in [0.25, 0.3) is 0 Å². The standard InChI is InChI=1S/C11H16O/c1-8(2)10-7-5-6-9(3)11(10)12-4/h5-8H,1-4H3. The van der Waals surface area contributed by atoms with Gasteiger partial charge in [0.25, 0.3) is 0 Å². The Morgan fingerprint density at radius 3 is 2.33 bits per heavy atom. The van der Waals surface area contributed by atoms with E-state index in [9.17, 15) is 0 Å². The molecule has 1 rings (SSSR count). The molecule has 0 N–H and O–H groups in total. The number of aryl methyl sites for hydroxylation is 1. The molecule has 1 nitrogen and oxygen atoms in total. The highest BCUT2D eigenvalue weighted by molar-refractivity contribution is 5.42. The van der Waals surface area contributed by atoms with Crippen LogP contribution in [0.2, 0.25) is 0 Å². The first-order valence-corrected chi connectivity index (χ1v) is 4.30. The molecule has 1 aromatic rings. The minimum absolute atomic E-state index is 0.528. The van der Waals surface area contributed by atoms with Gasteiger partial charge in [0.1, 0.15) is 5.75 Å². The van der Waals surface area contributed by atoms with Gasteiger partial charge in [0.05, 0.1) is 7.11 Å². The first kappa shape index (κ1) is 9.11. The van der Waals surface area contributed by atoms with E-state index in [1.54, 1.807) is 7.11 Å². The van der Waals surface area contributed by atoms with Crippen molar-refractivity contribution >= 4 is 0 Å². The number of hydrogen-bond donors (Lipinski definition) is 0. The number of para-hydroxylation sites is 1. The van der Waals surface area contributed by atoms with Crippen molar-refractivity contribution in [3.05, 3.63) is 29.3 Å². The molecule has 66 valence electrons. The van der Waals surface area contributed by atoms with Crippen LogP contribution in [0.1, 0.15) is 30.9 Å². The van der Waals surface area contributed by atoms with Crippen molar-refractivity contribution < 1.29 is 4.74 Å². The summed E-state index contributed by atoms with van der Waals surface area (Å²) in [6.45, 7) is 6.43. The fourth-order valence-electron chi connectivity index (χ4n) is 1.41. The summed E-state index contributed by atoms with van der Waals surface area (Å²) in [5.41, 5.74) is 2.50. The second kappa shape index (κ2) is 3.61. The zero-order chi connectivity index (χ0) is 9.14. The van der Waals surface area contributed by atoms with Crippen molar-refractivity contribution in [2.75, 3.05) is 7.11 Å². The van der Waals surface area contributed by atoms with Crippen LogP contribution in [-0.4, -0.2) is 7.11 Å². The molecule has 0 bridgehead atoms. The van der Waals surface area contributed by atoms with Crippen LogP contribution < -0.4 is 4.74 Å². The molecule has 0 saturated heterocycles. The van der Waals surface area contributed by atoms with E-state index in [2.05, 4.69) is 39.0 Å². The molecule has 0 unspecified atom stereocenters. The molecule has 0 aliphatic carbocycles. The first-order valence-electron chi connectivity index (χ1n) is 4.30. The molecule has 0 atom stereocenters. The number of hydrogen-bond acceptors (Lipinski definition) is 1. The normalized spacial score (nSPS) is 10.4. The molecule has 0 fully saturated rings. The Morgan fingerprint density at radius 2 is 1.92 bits per heavy atom. The summed E-state index contributed by atoms with van der Waals surface area (Å²) in [5, 5.41) is 0. The van der Waals surface area contributed by atoms with Crippen LogP contribution in [0.3, 0.4) is 0 Å². The Labute approximate surface area is 74.4 Å². The van der Waals surface area contributed by atoms with Crippen LogP contribution in [0.15, 0.2) is 18.2 Å². The third-order valence-corrected chi connectivity index (χ3v) is 2.07. The third kappa shape index (κ3) is 1.60. The van der Waals surface area contributed by atoms with Gasteiger partial charge in [-0.15, -0.1) is 0 Å². The zero-order valence-electron chi connectivity index (χ0n) is 8.22. The molecule has 0 saturated carbocycles. The topological polar surface area (TPSA) is 9.23 Å². The van der Waals surface area contributed by atoms with Crippen molar-refractivity contribution in [3.8, 4) is 5.75 Å². The quantitative estimate of drug-likeness (QED) is 0.652. The minimum atomic E-state index is 0.528. The predicted octanol–water partition coefficient (Wildman–Crippen LogP) is 3.13. The van der Waals surface area contributed by atoms with Gasteiger partial charge in [0, 0.05) is 0 Å². The molecular weight excluding hydrogens is 148 g/mol. The lowest BCUT2D eigenvalue weighted by molar-refractivity contribution is 0.404. The van der Waals surface area contributed by atoms with Gasteiger partial charge in [0.2, 0.25) is 0 Å². The molecule has 1 heteroatoms. The maximum absolute atomic E-state index is 5.34. The third-order valence-electron chi connectivity index (χ3n) is 2.07. The second-order valence-corrected chi connectivity index (χ2v) is 3.35. The summed E-state index contributed by atoms with van der Waals surface area (Å²) in [7, 11) is 1.73. The second-order valence-electron chi connectivity index (χ2n) is 3.35. The lowest BCUT2D eigenvalue weighted by atomic mass is 10.00. The molecule has 1 aromatic carbocycles. The fraction of sp³-hybridized carbons (Fsp3) is 0.455.